The number of nitrogens with zero attached hydrogens (tertiary/aromatic N) is 2. The first-order valence-electron chi connectivity index (χ1n) is 6.09. The average molecular weight is 301 g/mol. The van der Waals surface area contributed by atoms with Crippen molar-refractivity contribution in [2.75, 3.05) is 0 Å². The second-order valence-corrected chi connectivity index (χ2v) is 4.83. The summed E-state index contributed by atoms with van der Waals surface area (Å²) in [7, 11) is 0. The topological polar surface area (TPSA) is 48.0 Å². The van der Waals surface area contributed by atoms with Gasteiger partial charge in [-0.3, -0.25) is 9.48 Å². The number of Topliss-reactive ketones (excluding diaryl/α,β-unsaturated/α-hetero) is 1. The van der Waals surface area contributed by atoms with Crippen LogP contribution < -0.4 is 0 Å². The zero-order valence-electron chi connectivity index (χ0n) is 10.7. The number of aromatic nitrogens is 2. The van der Waals surface area contributed by atoms with Gasteiger partial charge in [0.15, 0.2) is 11.0 Å². The highest BCUT2D eigenvalue weighted by atomic mass is 35.5. The number of ketones is 1. The first-order valence-corrected chi connectivity index (χ1v) is 6.85. The lowest BCUT2D eigenvalue weighted by molar-refractivity contribution is 0.0964. The molecule has 0 saturated heterocycles. The van der Waals surface area contributed by atoms with E-state index >= 15 is 0 Å². The quantitative estimate of drug-likeness (QED) is 0.789. The highest BCUT2D eigenvalue weighted by molar-refractivity contribution is 6.32. The molecule has 6 heteroatoms. The maximum absolute atomic E-state index is 12.1. The number of halogens is 2. The number of aryl methyl sites for hydroxylation is 2. The summed E-state index contributed by atoms with van der Waals surface area (Å²) in [6.07, 6.45) is 0.892. The smallest absolute Gasteiger partial charge is 0.204 e. The van der Waals surface area contributed by atoms with Gasteiger partial charge in [0, 0.05) is 6.54 Å². The molecule has 2 heterocycles. The average Bonchev–Trinajstić information content (AvgIpc) is 2.95. The van der Waals surface area contributed by atoms with Gasteiger partial charge in [-0.05, 0) is 37.1 Å². The Kier molecular flexibility index (Phi) is 4.32. The third-order valence-corrected chi connectivity index (χ3v) is 3.51. The highest BCUT2D eigenvalue weighted by Gasteiger charge is 2.19. The molecule has 4 nitrogen and oxygen atoms in total. The summed E-state index contributed by atoms with van der Waals surface area (Å²) in [4.78, 5) is 12.1. The van der Waals surface area contributed by atoms with Crippen LogP contribution >= 0.6 is 23.2 Å². The molecule has 0 fully saturated rings. The van der Waals surface area contributed by atoms with Crippen LogP contribution in [0.25, 0.3) is 0 Å². The molecule has 0 saturated carbocycles. The van der Waals surface area contributed by atoms with Gasteiger partial charge in [0.05, 0.1) is 22.8 Å². The Balaban J connectivity index is 2.28. The molecule has 2 aromatic heterocycles. The number of carbonyl (C=O) groups excluding carboxylic acids is 1. The van der Waals surface area contributed by atoms with Gasteiger partial charge < -0.3 is 4.42 Å². The van der Waals surface area contributed by atoms with Crippen LogP contribution in [0.4, 0.5) is 0 Å². The Morgan fingerprint density at radius 3 is 2.63 bits per heavy atom. The minimum Gasteiger partial charge on any atom is -0.442 e. The number of hydrogen-bond donors (Lipinski definition) is 0. The Bertz CT molecular complexity index is 602. The van der Waals surface area contributed by atoms with Gasteiger partial charge in [-0.25, -0.2) is 0 Å². The molecule has 0 spiro atoms. The Labute approximate surface area is 121 Å². The standard InChI is InChI=1S/C13H14Cl2N2O2/c1-3-8-13(15)9(17(4-2)16-8)7-10(18)11-5-6-12(14)19-11/h5-6H,3-4,7H2,1-2H3. The summed E-state index contributed by atoms with van der Waals surface area (Å²) in [5.74, 6) is 0.0778. The van der Waals surface area contributed by atoms with Crippen molar-refractivity contribution in [1.82, 2.24) is 9.78 Å². The lowest BCUT2D eigenvalue weighted by Gasteiger charge is -2.03. The zero-order chi connectivity index (χ0) is 14.0. The largest absolute Gasteiger partial charge is 0.442 e. The van der Waals surface area contributed by atoms with Crippen LogP contribution in [0.5, 0.6) is 0 Å². The van der Waals surface area contributed by atoms with Gasteiger partial charge >= 0.3 is 0 Å². The summed E-state index contributed by atoms with van der Waals surface area (Å²) in [5.41, 5.74) is 1.53. The number of furan rings is 1. The molecule has 0 aliphatic rings. The lowest BCUT2D eigenvalue weighted by Crippen LogP contribution is -2.09. The van der Waals surface area contributed by atoms with E-state index in [9.17, 15) is 4.79 Å². The fraction of sp³-hybridized carbons (Fsp3) is 0.385. The van der Waals surface area contributed by atoms with Crippen molar-refractivity contribution in [3.05, 3.63) is 39.5 Å². The molecule has 19 heavy (non-hydrogen) atoms. The highest BCUT2D eigenvalue weighted by Crippen LogP contribution is 2.24. The van der Waals surface area contributed by atoms with Crippen molar-refractivity contribution in [3.63, 3.8) is 0 Å². The van der Waals surface area contributed by atoms with E-state index in [1.54, 1.807) is 16.8 Å². The number of hydrogen-bond acceptors (Lipinski definition) is 3. The van der Waals surface area contributed by atoms with Crippen LogP contribution in [0.15, 0.2) is 16.5 Å². The van der Waals surface area contributed by atoms with E-state index in [1.165, 1.54) is 0 Å². The van der Waals surface area contributed by atoms with Gasteiger partial charge in [-0.2, -0.15) is 5.10 Å². The summed E-state index contributed by atoms with van der Waals surface area (Å²) >= 11 is 11.9. The minimum absolute atomic E-state index is 0.156. The van der Waals surface area contributed by atoms with Gasteiger partial charge in [-0.1, -0.05) is 18.5 Å². The molecule has 102 valence electrons. The number of carbonyl (C=O) groups is 1. The van der Waals surface area contributed by atoms with Crippen LogP contribution in [0, 0.1) is 0 Å². The van der Waals surface area contributed by atoms with Crippen LogP contribution in [-0.4, -0.2) is 15.6 Å². The van der Waals surface area contributed by atoms with Crippen molar-refractivity contribution >= 4 is 29.0 Å². The molecule has 0 radical (unpaired) electrons. The van der Waals surface area contributed by atoms with E-state index < -0.39 is 0 Å². The monoisotopic (exact) mass is 300 g/mol. The molecular formula is C13H14Cl2N2O2. The lowest BCUT2D eigenvalue weighted by atomic mass is 10.1. The third kappa shape index (κ3) is 2.85. The molecule has 0 bridgehead atoms. The Morgan fingerprint density at radius 2 is 2.11 bits per heavy atom. The second-order valence-electron chi connectivity index (χ2n) is 4.08. The predicted molar refractivity (Wildman–Crippen MR) is 74.0 cm³/mol. The molecule has 0 aromatic carbocycles. The van der Waals surface area contributed by atoms with Crippen molar-refractivity contribution in [2.45, 2.75) is 33.2 Å². The normalized spacial score (nSPS) is 10.9. The summed E-state index contributed by atoms with van der Waals surface area (Å²) in [6, 6.07) is 3.11. The summed E-state index contributed by atoms with van der Waals surface area (Å²) in [6.45, 7) is 4.61. The minimum atomic E-state index is -0.161. The Morgan fingerprint density at radius 1 is 1.37 bits per heavy atom. The fourth-order valence-electron chi connectivity index (χ4n) is 1.89. The fourth-order valence-corrected chi connectivity index (χ4v) is 2.37. The van der Waals surface area contributed by atoms with Crippen LogP contribution in [0.3, 0.4) is 0 Å². The van der Waals surface area contributed by atoms with Crippen LogP contribution in [0.1, 0.15) is 35.8 Å². The van der Waals surface area contributed by atoms with E-state index in [1.807, 2.05) is 13.8 Å². The molecular weight excluding hydrogens is 287 g/mol. The first kappa shape index (κ1) is 14.2. The molecule has 0 amide bonds. The van der Waals surface area contributed by atoms with Gasteiger partial charge in [-0.15, -0.1) is 0 Å². The van der Waals surface area contributed by atoms with Crippen LogP contribution in [0.2, 0.25) is 10.2 Å². The molecule has 0 aliphatic carbocycles. The van der Waals surface area contributed by atoms with Crippen molar-refractivity contribution < 1.29 is 9.21 Å². The van der Waals surface area contributed by atoms with Gasteiger partial charge in [0.25, 0.3) is 0 Å². The Hall–Kier alpha value is -1.26. The maximum Gasteiger partial charge on any atom is 0.204 e. The molecule has 0 N–H and O–H groups in total. The number of rotatable bonds is 5. The van der Waals surface area contributed by atoms with Crippen molar-refractivity contribution in [3.8, 4) is 0 Å². The first-order chi connectivity index (χ1) is 9.06. The SMILES string of the molecule is CCc1nn(CC)c(CC(=O)c2ccc(Cl)o2)c1Cl. The molecule has 2 rings (SSSR count). The summed E-state index contributed by atoms with van der Waals surface area (Å²) < 4.78 is 6.86. The molecule has 0 aliphatic heterocycles. The van der Waals surface area contributed by atoms with Gasteiger partial charge in [0.1, 0.15) is 0 Å². The zero-order valence-corrected chi connectivity index (χ0v) is 12.3. The van der Waals surface area contributed by atoms with Crippen molar-refractivity contribution in [1.29, 1.82) is 0 Å². The van der Waals surface area contributed by atoms with E-state index in [-0.39, 0.29) is 23.2 Å². The maximum atomic E-state index is 12.1. The van der Waals surface area contributed by atoms with E-state index in [2.05, 4.69) is 5.10 Å². The van der Waals surface area contributed by atoms with E-state index in [0.717, 1.165) is 17.8 Å². The molecule has 2 aromatic rings. The second kappa shape index (κ2) is 5.80. The summed E-state index contributed by atoms with van der Waals surface area (Å²) in [5, 5.41) is 5.14. The molecule has 0 atom stereocenters. The predicted octanol–water partition coefficient (Wildman–Crippen LogP) is 3.79. The van der Waals surface area contributed by atoms with E-state index in [4.69, 9.17) is 27.6 Å². The van der Waals surface area contributed by atoms with Gasteiger partial charge in [0.2, 0.25) is 5.78 Å². The molecule has 0 unspecified atom stereocenters. The van der Waals surface area contributed by atoms with E-state index in [0.29, 0.717) is 11.6 Å². The van der Waals surface area contributed by atoms with Crippen LogP contribution in [-0.2, 0) is 19.4 Å². The van der Waals surface area contributed by atoms with Crippen molar-refractivity contribution in [2.24, 2.45) is 0 Å². The third-order valence-electron chi connectivity index (χ3n) is 2.87.